The molecule has 6 atom stereocenters. The van der Waals surface area contributed by atoms with Gasteiger partial charge in [-0.2, -0.15) is 0 Å². The van der Waals surface area contributed by atoms with Gasteiger partial charge in [0.05, 0.1) is 12.2 Å². The van der Waals surface area contributed by atoms with Crippen molar-refractivity contribution in [3.8, 4) is 0 Å². The van der Waals surface area contributed by atoms with Crippen LogP contribution < -0.4 is 0 Å². The van der Waals surface area contributed by atoms with Gasteiger partial charge >= 0.3 is 6.09 Å². The maximum absolute atomic E-state index is 12.2. The Morgan fingerprint density at radius 3 is 2.23 bits per heavy atom. The number of hydrogen-bond acceptors (Lipinski definition) is 4. The van der Waals surface area contributed by atoms with Crippen molar-refractivity contribution in [1.29, 1.82) is 0 Å². The fourth-order valence-electron chi connectivity index (χ4n) is 4.68. The van der Waals surface area contributed by atoms with Gasteiger partial charge in [0.25, 0.3) is 0 Å². The van der Waals surface area contributed by atoms with Crippen molar-refractivity contribution in [2.45, 2.75) is 25.2 Å². The molecule has 2 N–H and O–H groups in total. The van der Waals surface area contributed by atoms with Crippen LogP contribution in [-0.4, -0.2) is 46.5 Å². The number of ether oxygens (including phenoxy) is 1. The Morgan fingerprint density at radius 2 is 1.64 bits per heavy atom. The first kappa shape index (κ1) is 14.0. The highest BCUT2D eigenvalue weighted by atomic mass is 16.6. The van der Waals surface area contributed by atoms with E-state index in [1.165, 1.54) is 0 Å². The van der Waals surface area contributed by atoms with Crippen molar-refractivity contribution in [2.75, 3.05) is 13.1 Å². The molecule has 1 aromatic carbocycles. The third kappa shape index (κ3) is 2.11. The molecule has 4 rings (SSSR count). The molecule has 118 valence electrons. The quantitative estimate of drug-likeness (QED) is 0.862. The molecule has 0 spiro atoms. The van der Waals surface area contributed by atoms with Crippen molar-refractivity contribution in [2.24, 2.45) is 23.7 Å². The minimum atomic E-state index is -0.619. The van der Waals surface area contributed by atoms with E-state index in [0.29, 0.717) is 24.9 Å². The first-order valence-electron chi connectivity index (χ1n) is 7.97. The number of likely N-dealkylation sites (tertiary alicyclic amines) is 1. The minimum Gasteiger partial charge on any atom is -0.445 e. The van der Waals surface area contributed by atoms with Crippen molar-refractivity contribution in [3.63, 3.8) is 0 Å². The standard InChI is InChI=1S/C17H21NO4/c19-15-11-6-12(16(15)20)14-8-18(7-13(11)14)17(21)22-9-10-4-2-1-3-5-10/h1-5,11-16,19-20H,6-9H2/t11-,12+,13-,14+,15-,16+. The summed E-state index contributed by atoms with van der Waals surface area (Å²) in [7, 11) is 0. The van der Waals surface area contributed by atoms with Gasteiger partial charge in [-0.25, -0.2) is 4.79 Å². The Labute approximate surface area is 129 Å². The summed E-state index contributed by atoms with van der Waals surface area (Å²) >= 11 is 0. The second-order valence-corrected chi connectivity index (χ2v) is 6.82. The van der Waals surface area contributed by atoms with E-state index in [2.05, 4.69) is 0 Å². The van der Waals surface area contributed by atoms with Crippen LogP contribution >= 0.6 is 0 Å². The number of amides is 1. The highest BCUT2D eigenvalue weighted by Gasteiger charge is 2.60. The highest BCUT2D eigenvalue weighted by molar-refractivity contribution is 5.68. The summed E-state index contributed by atoms with van der Waals surface area (Å²) in [5, 5.41) is 20.1. The lowest BCUT2D eigenvalue weighted by Crippen LogP contribution is -2.41. The fourth-order valence-corrected chi connectivity index (χ4v) is 4.68. The number of hydrogen-bond donors (Lipinski definition) is 2. The Morgan fingerprint density at radius 1 is 1.05 bits per heavy atom. The van der Waals surface area contributed by atoms with Crippen LogP contribution in [0, 0.1) is 23.7 Å². The molecule has 2 saturated carbocycles. The molecular weight excluding hydrogens is 282 g/mol. The number of carbonyl (C=O) groups excluding carboxylic acids is 1. The summed E-state index contributed by atoms with van der Waals surface area (Å²) in [4.78, 5) is 14.0. The summed E-state index contributed by atoms with van der Waals surface area (Å²) in [6, 6.07) is 9.63. The van der Waals surface area contributed by atoms with E-state index in [9.17, 15) is 15.0 Å². The predicted octanol–water partition coefficient (Wildman–Crippen LogP) is 1.24. The lowest BCUT2D eigenvalue weighted by Gasteiger charge is -2.31. The number of aliphatic hydroxyl groups excluding tert-OH is 2. The van der Waals surface area contributed by atoms with Crippen LogP contribution in [0.1, 0.15) is 12.0 Å². The zero-order valence-electron chi connectivity index (χ0n) is 12.3. The van der Waals surface area contributed by atoms with Crippen LogP contribution in [-0.2, 0) is 11.3 Å². The van der Waals surface area contributed by atoms with Crippen molar-refractivity contribution in [3.05, 3.63) is 35.9 Å². The van der Waals surface area contributed by atoms with E-state index < -0.39 is 12.2 Å². The van der Waals surface area contributed by atoms with Gasteiger partial charge < -0.3 is 19.8 Å². The molecule has 1 aliphatic heterocycles. The van der Waals surface area contributed by atoms with Gasteiger partial charge in [0.15, 0.2) is 0 Å². The number of rotatable bonds is 2. The van der Waals surface area contributed by atoms with E-state index in [-0.39, 0.29) is 24.5 Å². The zero-order valence-corrected chi connectivity index (χ0v) is 12.3. The smallest absolute Gasteiger partial charge is 0.410 e. The minimum absolute atomic E-state index is 0.136. The lowest BCUT2D eigenvalue weighted by atomic mass is 9.79. The molecule has 0 unspecified atom stereocenters. The van der Waals surface area contributed by atoms with Crippen LogP contribution in [0.15, 0.2) is 30.3 Å². The monoisotopic (exact) mass is 303 g/mol. The summed E-state index contributed by atoms with van der Waals surface area (Å²) in [5.74, 6) is 0.897. The fraction of sp³-hybridized carbons (Fsp3) is 0.588. The van der Waals surface area contributed by atoms with Crippen LogP contribution in [0.3, 0.4) is 0 Å². The summed E-state index contributed by atoms with van der Waals surface area (Å²) < 4.78 is 5.38. The molecule has 5 nitrogen and oxygen atoms in total. The van der Waals surface area contributed by atoms with E-state index in [4.69, 9.17) is 4.74 Å². The topological polar surface area (TPSA) is 70.0 Å². The third-order valence-corrected chi connectivity index (χ3v) is 5.75. The van der Waals surface area contributed by atoms with Crippen molar-refractivity contribution < 1.29 is 19.7 Å². The summed E-state index contributed by atoms with van der Waals surface area (Å²) in [6.07, 6.45) is -0.635. The lowest BCUT2D eigenvalue weighted by molar-refractivity contribution is -0.0460. The highest BCUT2D eigenvalue weighted by Crippen LogP contribution is 2.55. The first-order valence-corrected chi connectivity index (χ1v) is 7.97. The van der Waals surface area contributed by atoms with Gasteiger partial charge in [0.2, 0.25) is 0 Å². The molecule has 22 heavy (non-hydrogen) atoms. The molecule has 1 amide bonds. The van der Waals surface area contributed by atoms with Crippen molar-refractivity contribution >= 4 is 6.09 Å². The first-order chi connectivity index (χ1) is 10.6. The molecule has 0 aromatic heterocycles. The molecule has 1 aromatic rings. The third-order valence-electron chi connectivity index (χ3n) is 5.75. The normalized spacial score (nSPS) is 39.1. The Bertz CT molecular complexity index is 541. The Balaban J connectivity index is 1.37. The molecule has 1 saturated heterocycles. The second kappa shape index (κ2) is 5.25. The van der Waals surface area contributed by atoms with Gasteiger partial charge in [-0.05, 0) is 35.7 Å². The number of nitrogens with zero attached hydrogens (tertiary/aromatic N) is 1. The average molecular weight is 303 g/mol. The SMILES string of the molecule is O=C(OCc1ccccc1)N1C[C@@H]2[C@H](C1)[C@H]1C[C@@H]2[C@H](O)[C@@H]1O. The molecule has 5 heteroatoms. The van der Waals surface area contributed by atoms with Crippen LogP contribution in [0.5, 0.6) is 0 Å². The molecule has 2 bridgehead atoms. The van der Waals surface area contributed by atoms with Crippen molar-refractivity contribution in [1.82, 2.24) is 4.90 Å². The number of fused-ring (bicyclic) bond motifs is 5. The van der Waals surface area contributed by atoms with Gasteiger partial charge in [-0.15, -0.1) is 0 Å². The number of aliphatic hydroxyl groups is 2. The largest absolute Gasteiger partial charge is 0.445 e. The molecule has 2 aliphatic carbocycles. The van der Waals surface area contributed by atoms with Gasteiger partial charge in [-0.1, -0.05) is 30.3 Å². The van der Waals surface area contributed by atoms with Gasteiger partial charge in [0.1, 0.15) is 6.61 Å². The van der Waals surface area contributed by atoms with Crippen LogP contribution in [0.4, 0.5) is 4.79 Å². The molecule has 0 radical (unpaired) electrons. The van der Waals surface area contributed by atoms with Gasteiger partial charge in [0, 0.05) is 13.1 Å². The Hall–Kier alpha value is -1.59. The van der Waals surface area contributed by atoms with E-state index in [1.807, 2.05) is 30.3 Å². The molecular formula is C17H21NO4. The van der Waals surface area contributed by atoms with E-state index >= 15 is 0 Å². The van der Waals surface area contributed by atoms with Crippen LogP contribution in [0.2, 0.25) is 0 Å². The molecule has 1 heterocycles. The predicted molar refractivity (Wildman–Crippen MR) is 78.8 cm³/mol. The molecule has 3 fully saturated rings. The maximum Gasteiger partial charge on any atom is 0.410 e. The average Bonchev–Trinajstić information content (AvgIpc) is 3.18. The summed E-state index contributed by atoms with van der Waals surface area (Å²) in [6.45, 7) is 1.57. The summed E-state index contributed by atoms with van der Waals surface area (Å²) in [5.41, 5.74) is 0.973. The van der Waals surface area contributed by atoms with E-state index in [0.717, 1.165) is 12.0 Å². The molecule has 3 aliphatic rings. The second-order valence-electron chi connectivity index (χ2n) is 6.82. The Kier molecular flexibility index (Phi) is 3.35. The van der Waals surface area contributed by atoms with E-state index in [1.54, 1.807) is 4.90 Å². The maximum atomic E-state index is 12.2. The number of carbonyl (C=O) groups is 1. The number of benzene rings is 1. The zero-order chi connectivity index (χ0) is 15.3. The van der Waals surface area contributed by atoms with Gasteiger partial charge in [-0.3, -0.25) is 0 Å². The van der Waals surface area contributed by atoms with Crippen LogP contribution in [0.25, 0.3) is 0 Å².